The minimum absolute atomic E-state index is 0.134. The Balaban J connectivity index is 0.000000176. The predicted molar refractivity (Wildman–Crippen MR) is 114 cm³/mol. The maximum absolute atomic E-state index is 11.7. The van der Waals surface area contributed by atoms with Crippen molar-refractivity contribution in [2.45, 2.75) is 44.9 Å². The first-order valence-corrected chi connectivity index (χ1v) is 10.7. The molecule has 2 aliphatic carbocycles. The number of benzene rings is 1. The van der Waals surface area contributed by atoms with E-state index in [1.54, 1.807) is 0 Å². The summed E-state index contributed by atoms with van der Waals surface area (Å²) in [6, 6.07) is 10.2. The van der Waals surface area contributed by atoms with Crippen LogP contribution in [0.5, 0.6) is 0 Å². The maximum Gasteiger partial charge on any atom is 0.336 e. The number of hydroxylamine groups is 2. The van der Waals surface area contributed by atoms with Gasteiger partial charge in [-0.15, -0.1) is 5.06 Å². The molecule has 1 aliphatic heterocycles. The molecule has 0 spiro atoms. The van der Waals surface area contributed by atoms with Crippen molar-refractivity contribution in [1.29, 1.82) is 0 Å². The fraction of sp³-hybridized carbons (Fsp3) is 0.417. The highest BCUT2D eigenvalue weighted by Gasteiger charge is 2.34. The van der Waals surface area contributed by atoms with E-state index in [1.165, 1.54) is 5.56 Å². The average Bonchev–Trinajstić information content (AvgIpc) is 3.55. The molecule has 0 saturated carbocycles. The molecule has 7 nitrogen and oxygen atoms in total. The van der Waals surface area contributed by atoms with Crippen LogP contribution in [-0.4, -0.2) is 35.3 Å². The van der Waals surface area contributed by atoms with E-state index in [1.807, 2.05) is 30.4 Å². The van der Waals surface area contributed by atoms with E-state index in [4.69, 9.17) is 4.84 Å². The molecule has 1 saturated heterocycles. The zero-order valence-electron chi connectivity index (χ0n) is 17.5. The zero-order valence-corrected chi connectivity index (χ0v) is 17.5. The molecular weight excluding hydrogens is 396 g/mol. The van der Waals surface area contributed by atoms with Crippen molar-refractivity contribution in [2.75, 3.05) is 6.54 Å². The smallest absolute Gasteiger partial charge is 0.336 e. The molecule has 3 amide bonds. The van der Waals surface area contributed by atoms with Gasteiger partial charge in [0.05, 0.1) is 5.92 Å². The lowest BCUT2D eigenvalue weighted by molar-refractivity contribution is -0.200. The summed E-state index contributed by atoms with van der Waals surface area (Å²) in [7, 11) is 0. The highest BCUT2D eigenvalue weighted by atomic mass is 16.7. The first-order valence-electron chi connectivity index (χ1n) is 10.7. The zero-order chi connectivity index (χ0) is 22.1. The summed E-state index contributed by atoms with van der Waals surface area (Å²) < 4.78 is 0. The molecule has 1 aromatic rings. The van der Waals surface area contributed by atoms with Crippen LogP contribution in [0, 0.1) is 11.8 Å². The summed E-state index contributed by atoms with van der Waals surface area (Å²) in [5.74, 6) is -1.23. The molecule has 0 aromatic heterocycles. The van der Waals surface area contributed by atoms with Crippen molar-refractivity contribution < 1.29 is 24.0 Å². The third kappa shape index (κ3) is 6.64. The summed E-state index contributed by atoms with van der Waals surface area (Å²) in [6.45, 7) is 0.735. The van der Waals surface area contributed by atoms with Crippen LogP contribution in [0.15, 0.2) is 54.6 Å². The lowest BCUT2D eigenvalue weighted by Crippen LogP contribution is -2.34. The maximum atomic E-state index is 11.7. The number of nitrogens with zero attached hydrogens (tertiary/aromatic N) is 1. The second-order valence-electron chi connectivity index (χ2n) is 7.80. The molecular formula is C24H28N2O5. The van der Waals surface area contributed by atoms with Gasteiger partial charge in [0.2, 0.25) is 5.91 Å². The molecule has 1 heterocycles. The molecule has 3 aliphatic rings. The number of amides is 3. The monoisotopic (exact) mass is 424 g/mol. The van der Waals surface area contributed by atoms with Crippen molar-refractivity contribution in [3.05, 3.63) is 60.2 Å². The molecule has 4 rings (SSSR count). The first-order chi connectivity index (χ1) is 15.0. The Morgan fingerprint density at radius 2 is 1.42 bits per heavy atom. The van der Waals surface area contributed by atoms with E-state index in [2.05, 4.69) is 29.6 Å². The SMILES string of the molecule is O=C(NCCc1ccccc1)C1CC=CC1.O=C(ON1C(=O)CCC1=O)C1CC=CC1. The average molecular weight is 424 g/mol. The molecule has 1 fully saturated rings. The second-order valence-corrected chi connectivity index (χ2v) is 7.80. The molecule has 1 N–H and O–H groups in total. The number of nitrogens with one attached hydrogen (secondary N) is 1. The lowest BCUT2D eigenvalue weighted by atomic mass is 10.1. The van der Waals surface area contributed by atoms with Gasteiger partial charge in [-0.05, 0) is 37.7 Å². The molecule has 1 aromatic carbocycles. The molecule has 0 radical (unpaired) electrons. The van der Waals surface area contributed by atoms with Crippen molar-refractivity contribution in [1.82, 2.24) is 10.4 Å². The van der Waals surface area contributed by atoms with Gasteiger partial charge in [-0.3, -0.25) is 14.4 Å². The molecule has 0 bridgehead atoms. The highest BCUT2D eigenvalue weighted by molar-refractivity contribution is 6.01. The summed E-state index contributed by atoms with van der Waals surface area (Å²) in [5.41, 5.74) is 1.27. The largest absolute Gasteiger partial charge is 0.356 e. The Morgan fingerprint density at radius 1 is 0.871 bits per heavy atom. The van der Waals surface area contributed by atoms with Crippen molar-refractivity contribution >= 4 is 23.7 Å². The van der Waals surface area contributed by atoms with E-state index in [-0.39, 0.29) is 30.6 Å². The van der Waals surface area contributed by atoms with Gasteiger partial charge in [-0.2, -0.15) is 0 Å². The molecule has 7 heteroatoms. The third-order valence-electron chi connectivity index (χ3n) is 5.46. The number of carbonyl (C=O) groups excluding carboxylic acids is 4. The third-order valence-corrected chi connectivity index (χ3v) is 5.46. The lowest BCUT2D eigenvalue weighted by Gasteiger charge is -2.15. The van der Waals surface area contributed by atoms with E-state index in [9.17, 15) is 19.2 Å². The summed E-state index contributed by atoms with van der Waals surface area (Å²) in [4.78, 5) is 50.2. The van der Waals surface area contributed by atoms with E-state index in [0.29, 0.717) is 17.9 Å². The minimum atomic E-state index is -0.497. The number of imide groups is 1. The number of carbonyl (C=O) groups is 4. The number of allylic oxidation sites excluding steroid dienone is 4. The van der Waals surface area contributed by atoms with Crippen LogP contribution in [-0.2, 0) is 30.4 Å². The fourth-order valence-corrected chi connectivity index (χ4v) is 3.58. The van der Waals surface area contributed by atoms with Gasteiger partial charge in [0.15, 0.2) is 0 Å². The highest BCUT2D eigenvalue weighted by Crippen LogP contribution is 2.21. The summed E-state index contributed by atoms with van der Waals surface area (Å²) in [5, 5.41) is 3.59. The Hall–Kier alpha value is -3.22. The van der Waals surface area contributed by atoms with Gasteiger partial charge in [-0.25, -0.2) is 4.79 Å². The van der Waals surface area contributed by atoms with Gasteiger partial charge < -0.3 is 10.2 Å². The Bertz CT molecular complexity index is 830. The van der Waals surface area contributed by atoms with Crippen LogP contribution in [0.2, 0.25) is 0 Å². The van der Waals surface area contributed by atoms with E-state index >= 15 is 0 Å². The van der Waals surface area contributed by atoms with Gasteiger partial charge in [0.1, 0.15) is 0 Å². The molecule has 164 valence electrons. The quantitative estimate of drug-likeness (QED) is 0.560. The first kappa shape index (κ1) is 22.5. The Kier molecular flexibility index (Phi) is 8.15. The van der Waals surface area contributed by atoms with Crippen LogP contribution in [0.1, 0.15) is 44.1 Å². The minimum Gasteiger partial charge on any atom is -0.356 e. The predicted octanol–water partition coefficient (Wildman–Crippen LogP) is 2.87. The van der Waals surface area contributed by atoms with Crippen LogP contribution in [0.25, 0.3) is 0 Å². The van der Waals surface area contributed by atoms with Crippen LogP contribution < -0.4 is 5.32 Å². The van der Waals surface area contributed by atoms with Crippen LogP contribution in [0.3, 0.4) is 0 Å². The van der Waals surface area contributed by atoms with E-state index < -0.39 is 17.8 Å². The van der Waals surface area contributed by atoms with Crippen LogP contribution in [0.4, 0.5) is 0 Å². The molecule has 0 unspecified atom stereocenters. The standard InChI is InChI=1S/C14H17NO.C10H11NO4/c16-14(13-8-4-5-9-13)15-11-10-12-6-2-1-3-7-12;12-8-5-6-9(13)11(8)15-10(14)7-3-1-2-4-7/h1-7,13H,8-11H2,(H,15,16);1-2,7H,3-6H2. The normalized spacial score (nSPS) is 18.3. The molecule has 0 atom stereocenters. The van der Waals surface area contributed by atoms with Gasteiger partial charge in [-0.1, -0.05) is 54.6 Å². The topological polar surface area (TPSA) is 92.8 Å². The van der Waals surface area contributed by atoms with E-state index in [0.717, 1.165) is 25.8 Å². The second kappa shape index (κ2) is 11.2. The Labute approximate surface area is 182 Å². The number of rotatable bonds is 6. The van der Waals surface area contributed by atoms with Crippen molar-refractivity contribution in [3.8, 4) is 0 Å². The van der Waals surface area contributed by atoms with Crippen LogP contribution >= 0.6 is 0 Å². The van der Waals surface area contributed by atoms with Crippen molar-refractivity contribution in [2.24, 2.45) is 11.8 Å². The van der Waals surface area contributed by atoms with Gasteiger partial charge in [0.25, 0.3) is 11.8 Å². The summed E-state index contributed by atoms with van der Waals surface area (Å²) >= 11 is 0. The summed E-state index contributed by atoms with van der Waals surface area (Å²) in [6.07, 6.45) is 12.2. The van der Waals surface area contributed by atoms with Crippen molar-refractivity contribution in [3.63, 3.8) is 0 Å². The Morgan fingerprint density at radius 3 is 2.00 bits per heavy atom. The van der Waals surface area contributed by atoms with Gasteiger partial charge >= 0.3 is 5.97 Å². The fourth-order valence-electron chi connectivity index (χ4n) is 3.58. The molecule has 31 heavy (non-hydrogen) atoms. The number of hydrogen-bond acceptors (Lipinski definition) is 5. The number of hydrogen-bond donors (Lipinski definition) is 1. The van der Waals surface area contributed by atoms with Gasteiger partial charge in [0, 0.05) is 25.3 Å².